The van der Waals surface area contributed by atoms with Gasteiger partial charge in [-0.1, -0.05) is 0 Å². The minimum atomic E-state index is -0.250. The Morgan fingerprint density at radius 3 is 1.00 bits per heavy atom. The predicted molar refractivity (Wildman–Crippen MR) is 19.5 cm³/mol. The molecular weight excluding hydrogens is 219 g/mol. The quantitative estimate of drug-likeness (QED) is 0.354. The van der Waals surface area contributed by atoms with E-state index in [0.717, 1.165) is 0 Å². The van der Waals surface area contributed by atoms with Crippen molar-refractivity contribution in [2.75, 3.05) is 0 Å². The van der Waals surface area contributed by atoms with Gasteiger partial charge in [0.25, 0.3) is 6.47 Å². The standard InChI is InChI=1S/CH2O2.2Cu.3H2O/c2-1-3;;;;;/h1H,(H,2,3);;;3*1H2. The molecule has 0 amide bonds. The molecule has 0 fully saturated rings. The van der Waals surface area contributed by atoms with E-state index in [9.17, 15) is 0 Å². The summed E-state index contributed by atoms with van der Waals surface area (Å²) in [6, 6.07) is 0. The zero-order valence-electron chi connectivity index (χ0n) is 3.54. The Labute approximate surface area is 67.3 Å². The topological polar surface area (TPSA) is 132 Å². The van der Waals surface area contributed by atoms with E-state index in [-0.39, 0.29) is 57.0 Å². The Bertz CT molecular complexity index is 17.9. The van der Waals surface area contributed by atoms with Crippen LogP contribution in [0, 0.1) is 0 Å². The molecule has 0 aliphatic rings. The zero-order chi connectivity index (χ0) is 2.71. The fourth-order valence-corrected chi connectivity index (χ4v) is 0. The molecule has 0 unspecified atom stereocenters. The van der Waals surface area contributed by atoms with Crippen molar-refractivity contribution < 1.29 is 60.5 Å². The molecule has 0 aliphatic heterocycles. The van der Waals surface area contributed by atoms with E-state index < -0.39 is 0 Å². The van der Waals surface area contributed by atoms with Gasteiger partial charge in [-0.2, -0.15) is 0 Å². The molecule has 0 bridgehead atoms. The molecule has 7 heteroatoms. The van der Waals surface area contributed by atoms with Crippen molar-refractivity contribution >= 4 is 6.47 Å². The van der Waals surface area contributed by atoms with E-state index in [0.29, 0.717) is 0 Å². The van der Waals surface area contributed by atoms with Gasteiger partial charge in [-0.25, -0.2) is 0 Å². The van der Waals surface area contributed by atoms with Crippen molar-refractivity contribution in [3.63, 3.8) is 0 Å². The first-order chi connectivity index (χ1) is 1.41. The molecule has 8 heavy (non-hydrogen) atoms. The molecule has 0 aromatic carbocycles. The van der Waals surface area contributed by atoms with Crippen LogP contribution in [0.4, 0.5) is 0 Å². The average molecular weight is 227 g/mol. The molecule has 0 aromatic heterocycles. The predicted octanol–water partition coefficient (Wildman–Crippen LogP) is -2.78. The number of carbonyl (C=O) groups is 1. The van der Waals surface area contributed by atoms with Crippen LogP contribution in [0.25, 0.3) is 0 Å². The van der Waals surface area contributed by atoms with Crippen LogP contribution in [-0.2, 0) is 38.9 Å². The van der Waals surface area contributed by atoms with Gasteiger partial charge in [-0.05, 0) is 0 Å². The first-order valence-corrected chi connectivity index (χ1v) is 0.494. The number of rotatable bonds is 0. The minimum Gasteiger partial charge on any atom is -0.483 e. The van der Waals surface area contributed by atoms with Gasteiger partial charge in [0.1, 0.15) is 0 Å². The molecule has 0 saturated carbocycles. The summed E-state index contributed by atoms with van der Waals surface area (Å²) in [6.45, 7) is -0.250. The molecule has 0 heterocycles. The number of hydrogen-bond donors (Lipinski definition) is 1. The van der Waals surface area contributed by atoms with Gasteiger partial charge in [-0.15, -0.1) is 0 Å². The third kappa shape index (κ3) is 1230. The molecule has 0 rings (SSSR count). The Kier molecular flexibility index (Phi) is 1570. The van der Waals surface area contributed by atoms with Crippen molar-refractivity contribution in [1.82, 2.24) is 0 Å². The van der Waals surface area contributed by atoms with Crippen LogP contribution >= 0.6 is 0 Å². The molecule has 64 valence electrons. The molecule has 0 aromatic rings. The van der Waals surface area contributed by atoms with Crippen LogP contribution in [0.1, 0.15) is 0 Å². The maximum absolute atomic E-state index is 8.36. The van der Waals surface area contributed by atoms with E-state index in [1.165, 1.54) is 0 Å². The van der Waals surface area contributed by atoms with Gasteiger partial charge in [-0.3, -0.25) is 4.79 Å². The first kappa shape index (κ1) is 80.3. The van der Waals surface area contributed by atoms with E-state index in [1.54, 1.807) is 0 Å². The van der Waals surface area contributed by atoms with Gasteiger partial charge in [0, 0.05) is 34.1 Å². The van der Waals surface area contributed by atoms with Gasteiger partial charge in [0.05, 0.1) is 0 Å². The maximum Gasteiger partial charge on any atom is 0.290 e. The molecule has 5 nitrogen and oxygen atoms in total. The smallest absolute Gasteiger partial charge is 0.290 e. The van der Waals surface area contributed by atoms with Crippen LogP contribution in [-0.4, -0.2) is 28.0 Å². The summed E-state index contributed by atoms with van der Waals surface area (Å²) >= 11 is 0. The van der Waals surface area contributed by atoms with Gasteiger partial charge >= 0.3 is 0 Å². The van der Waals surface area contributed by atoms with Gasteiger partial charge in [0.2, 0.25) is 0 Å². The SMILES string of the molecule is O.O.O.O=CO.[Cu].[Cu]. The van der Waals surface area contributed by atoms with Gasteiger partial charge < -0.3 is 21.5 Å². The summed E-state index contributed by atoms with van der Waals surface area (Å²) in [5.74, 6) is 0. The Hall–Kier alpha value is 0.389. The Balaban J connectivity index is -0.00000000200. The number of hydrogen-bond acceptors (Lipinski definition) is 1. The molecule has 2 radical (unpaired) electrons. The summed E-state index contributed by atoms with van der Waals surface area (Å²) in [5, 5.41) is 6.89. The molecule has 7 N–H and O–H groups in total. The van der Waals surface area contributed by atoms with Crippen molar-refractivity contribution in [3.05, 3.63) is 0 Å². The summed E-state index contributed by atoms with van der Waals surface area (Å²) in [6.07, 6.45) is 0. The Morgan fingerprint density at radius 2 is 1.00 bits per heavy atom. The number of carboxylic acid groups (broad SMARTS) is 1. The van der Waals surface area contributed by atoms with E-state index >= 15 is 0 Å². The van der Waals surface area contributed by atoms with Crippen molar-refractivity contribution in [3.8, 4) is 0 Å². The molecule has 0 aliphatic carbocycles. The summed E-state index contributed by atoms with van der Waals surface area (Å²) < 4.78 is 0. The molecule has 0 atom stereocenters. The van der Waals surface area contributed by atoms with E-state index in [4.69, 9.17) is 9.90 Å². The fourth-order valence-electron chi connectivity index (χ4n) is 0. The first-order valence-electron chi connectivity index (χ1n) is 0.494. The van der Waals surface area contributed by atoms with E-state index in [1.807, 2.05) is 0 Å². The minimum absolute atomic E-state index is 0. The van der Waals surface area contributed by atoms with Crippen molar-refractivity contribution in [1.29, 1.82) is 0 Å². The second-order valence-corrected chi connectivity index (χ2v) is 0.105. The maximum atomic E-state index is 8.36. The van der Waals surface area contributed by atoms with Crippen molar-refractivity contribution in [2.24, 2.45) is 0 Å². The van der Waals surface area contributed by atoms with Crippen LogP contribution in [0.15, 0.2) is 0 Å². The average Bonchev–Trinajstić information content (AvgIpc) is 0.918. The van der Waals surface area contributed by atoms with Crippen molar-refractivity contribution in [2.45, 2.75) is 0 Å². The molecular formula is CH8Cu2O5. The third-order valence-electron chi connectivity index (χ3n) is 0. The second kappa shape index (κ2) is 156. The second-order valence-electron chi connectivity index (χ2n) is 0.105. The summed E-state index contributed by atoms with van der Waals surface area (Å²) in [7, 11) is 0. The monoisotopic (exact) mass is 226 g/mol. The summed E-state index contributed by atoms with van der Waals surface area (Å²) in [4.78, 5) is 8.36. The molecule has 0 saturated heterocycles. The van der Waals surface area contributed by atoms with Gasteiger partial charge in [0.15, 0.2) is 0 Å². The normalized spacial score (nSPS) is 1.50. The third-order valence-corrected chi connectivity index (χ3v) is 0. The van der Waals surface area contributed by atoms with Crippen LogP contribution in [0.5, 0.6) is 0 Å². The van der Waals surface area contributed by atoms with Crippen LogP contribution in [0.3, 0.4) is 0 Å². The van der Waals surface area contributed by atoms with Crippen LogP contribution < -0.4 is 0 Å². The summed E-state index contributed by atoms with van der Waals surface area (Å²) in [5.41, 5.74) is 0. The largest absolute Gasteiger partial charge is 0.483 e. The Morgan fingerprint density at radius 1 is 1.00 bits per heavy atom. The fraction of sp³-hybridized carbons (Fsp3) is 0. The van der Waals surface area contributed by atoms with E-state index in [2.05, 4.69) is 0 Å². The molecule has 0 spiro atoms. The zero-order valence-corrected chi connectivity index (χ0v) is 5.42. The van der Waals surface area contributed by atoms with Crippen LogP contribution in [0.2, 0.25) is 0 Å².